The maximum absolute atomic E-state index is 11.4. The highest BCUT2D eigenvalue weighted by atomic mass is 16.1. The van der Waals surface area contributed by atoms with Crippen LogP contribution in [0, 0.1) is 6.92 Å². The van der Waals surface area contributed by atoms with E-state index in [0.717, 1.165) is 11.5 Å². The van der Waals surface area contributed by atoms with Gasteiger partial charge in [-0.2, -0.15) is 0 Å². The quantitative estimate of drug-likeness (QED) is 0.826. The lowest BCUT2D eigenvalue weighted by molar-refractivity contribution is 0.0958. The lowest BCUT2D eigenvalue weighted by atomic mass is 10.3. The minimum Gasteiger partial charge on any atom is -0.354 e. The normalized spacial score (nSPS) is 10.1. The van der Waals surface area contributed by atoms with Gasteiger partial charge in [-0.05, 0) is 19.1 Å². The first-order valence-electron chi connectivity index (χ1n) is 5.06. The SMILES string of the molecule is CNC(=O)c1cn(-c2ccccc2)c(C)n1. The molecule has 0 unspecified atom stereocenters. The molecule has 1 aromatic heterocycles. The third-order valence-electron chi connectivity index (χ3n) is 2.38. The van der Waals surface area contributed by atoms with Crippen molar-refractivity contribution >= 4 is 5.91 Å². The van der Waals surface area contributed by atoms with E-state index in [2.05, 4.69) is 10.3 Å². The lowest BCUT2D eigenvalue weighted by Gasteiger charge is -2.02. The number of rotatable bonds is 2. The second-order valence-electron chi connectivity index (χ2n) is 3.46. The molecule has 0 aliphatic carbocycles. The Morgan fingerprint density at radius 2 is 2.00 bits per heavy atom. The second kappa shape index (κ2) is 4.18. The van der Waals surface area contributed by atoms with Crippen LogP contribution < -0.4 is 5.32 Å². The van der Waals surface area contributed by atoms with Crippen molar-refractivity contribution in [2.24, 2.45) is 0 Å². The van der Waals surface area contributed by atoms with Crippen molar-refractivity contribution in [3.05, 3.63) is 48.0 Å². The third kappa shape index (κ3) is 1.82. The summed E-state index contributed by atoms with van der Waals surface area (Å²) in [5.74, 6) is 0.627. The first-order chi connectivity index (χ1) is 7.72. The van der Waals surface area contributed by atoms with Crippen LogP contribution in [0.2, 0.25) is 0 Å². The molecule has 2 rings (SSSR count). The fraction of sp³-hybridized carbons (Fsp3) is 0.167. The molecule has 2 aromatic rings. The smallest absolute Gasteiger partial charge is 0.271 e. The minimum absolute atomic E-state index is 0.169. The van der Waals surface area contributed by atoms with Crippen LogP contribution in [0.4, 0.5) is 0 Å². The molecule has 1 heterocycles. The zero-order valence-electron chi connectivity index (χ0n) is 9.27. The Morgan fingerprint density at radius 3 is 2.62 bits per heavy atom. The van der Waals surface area contributed by atoms with Gasteiger partial charge in [-0.15, -0.1) is 0 Å². The monoisotopic (exact) mass is 215 g/mol. The molecule has 0 fully saturated rings. The van der Waals surface area contributed by atoms with Crippen molar-refractivity contribution in [1.29, 1.82) is 0 Å². The minimum atomic E-state index is -0.169. The van der Waals surface area contributed by atoms with Gasteiger partial charge < -0.3 is 9.88 Å². The molecule has 0 aliphatic heterocycles. The van der Waals surface area contributed by atoms with Gasteiger partial charge in [-0.1, -0.05) is 18.2 Å². The summed E-state index contributed by atoms with van der Waals surface area (Å²) in [7, 11) is 1.60. The number of hydrogen-bond acceptors (Lipinski definition) is 2. The Kier molecular flexibility index (Phi) is 2.72. The molecule has 1 N–H and O–H groups in total. The largest absolute Gasteiger partial charge is 0.354 e. The Hall–Kier alpha value is -2.10. The van der Waals surface area contributed by atoms with Crippen LogP contribution in [0.5, 0.6) is 0 Å². The van der Waals surface area contributed by atoms with Crippen molar-refractivity contribution in [2.75, 3.05) is 7.05 Å². The third-order valence-corrected chi connectivity index (χ3v) is 2.38. The van der Waals surface area contributed by atoms with Crippen molar-refractivity contribution in [1.82, 2.24) is 14.9 Å². The Morgan fingerprint density at radius 1 is 1.31 bits per heavy atom. The van der Waals surface area contributed by atoms with Crippen LogP contribution in [0.3, 0.4) is 0 Å². The molecule has 1 amide bonds. The molecule has 0 atom stereocenters. The number of hydrogen-bond donors (Lipinski definition) is 1. The number of aryl methyl sites for hydroxylation is 1. The van der Waals surface area contributed by atoms with Gasteiger partial charge in [-0.25, -0.2) is 4.98 Å². The summed E-state index contributed by atoms with van der Waals surface area (Å²) in [6.45, 7) is 1.87. The van der Waals surface area contributed by atoms with Crippen molar-refractivity contribution < 1.29 is 4.79 Å². The van der Waals surface area contributed by atoms with E-state index in [4.69, 9.17) is 0 Å². The van der Waals surface area contributed by atoms with Gasteiger partial charge in [-0.3, -0.25) is 4.79 Å². The molecule has 4 nitrogen and oxygen atoms in total. The number of benzene rings is 1. The highest BCUT2D eigenvalue weighted by Crippen LogP contribution is 2.11. The van der Waals surface area contributed by atoms with E-state index in [1.54, 1.807) is 13.2 Å². The molecular weight excluding hydrogens is 202 g/mol. The molecule has 82 valence electrons. The number of imidazole rings is 1. The maximum Gasteiger partial charge on any atom is 0.271 e. The molecule has 0 spiro atoms. The Balaban J connectivity index is 2.44. The van der Waals surface area contributed by atoms with Crippen LogP contribution in [-0.4, -0.2) is 22.5 Å². The van der Waals surface area contributed by atoms with Gasteiger partial charge in [0, 0.05) is 18.9 Å². The van der Waals surface area contributed by atoms with Crippen LogP contribution in [-0.2, 0) is 0 Å². The molecule has 0 saturated carbocycles. The number of carbonyl (C=O) groups is 1. The molecule has 0 aliphatic rings. The highest BCUT2D eigenvalue weighted by molar-refractivity contribution is 5.92. The summed E-state index contributed by atoms with van der Waals surface area (Å²) in [4.78, 5) is 15.6. The summed E-state index contributed by atoms with van der Waals surface area (Å²) in [6, 6.07) is 9.81. The molecule has 4 heteroatoms. The zero-order chi connectivity index (χ0) is 11.5. The predicted octanol–water partition coefficient (Wildman–Crippen LogP) is 1.54. The number of para-hydroxylation sites is 1. The van der Waals surface area contributed by atoms with E-state index < -0.39 is 0 Å². The molecule has 16 heavy (non-hydrogen) atoms. The van der Waals surface area contributed by atoms with Gasteiger partial charge >= 0.3 is 0 Å². The summed E-state index contributed by atoms with van der Waals surface area (Å²) in [6.07, 6.45) is 1.74. The van der Waals surface area contributed by atoms with Gasteiger partial charge in [0.05, 0.1) is 0 Å². The zero-order valence-corrected chi connectivity index (χ0v) is 9.27. The first kappa shape index (κ1) is 10.4. The van der Waals surface area contributed by atoms with E-state index in [1.165, 1.54) is 0 Å². The van der Waals surface area contributed by atoms with Gasteiger partial charge in [0.15, 0.2) is 0 Å². The van der Waals surface area contributed by atoms with E-state index in [9.17, 15) is 4.79 Å². The highest BCUT2D eigenvalue weighted by Gasteiger charge is 2.10. The molecule has 1 aromatic carbocycles. The average molecular weight is 215 g/mol. The Labute approximate surface area is 93.9 Å². The van der Waals surface area contributed by atoms with E-state index >= 15 is 0 Å². The van der Waals surface area contributed by atoms with E-state index in [1.807, 2.05) is 41.8 Å². The topological polar surface area (TPSA) is 46.9 Å². The molecular formula is C12H13N3O. The van der Waals surface area contributed by atoms with E-state index in [0.29, 0.717) is 5.69 Å². The van der Waals surface area contributed by atoms with Crippen LogP contribution >= 0.6 is 0 Å². The van der Waals surface area contributed by atoms with Crippen molar-refractivity contribution in [2.45, 2.75) is 6.92 Å². The molecule has 0 saturated heterocycles. The number of amides is 1. The summed E-state index contributed by atoms with van der Waals surface area (Å²) in [5.41, 5.74) is 1.44. The summed E-state index contributed by atoms with van der Waals surface area (Å²) >= 11 is 0. The number of carbonyl (C=O) groups excluding carboxylic acids is 1. The summed E-state index contributed by atoms with van der Waals surface area (Å²) < 4.78 is 1.89. The molecule has 0 bridgehead atoms. The van der Waals surface area contributed by atoms with Crippen LogP contribution in [0.1, 0.15) is 16.3 Å². The standard InChI is InChI=1S/C12H13N3O/c1-9-14-11(12(16)13-2)8-15(9)10-6-4-3-5-7-10/h3-8H,1-2H3,(H,13,16). The second-order valence-corrected chi connectivity index (χ2v) is 3.46. The first-order valence-corrected chi connectivity index (χ1v) is 5.06. The van der Waals surface area contributed by atoms with Crippen LogP contribution in [0.15, 0.2) is 36.5 Å². The lowest BCUT2D eigenvalue weighted by Crippen LogP contribution is -2.18. The number of aromatic nitrogens is 2. The predicted molar refractivity (Wildman–Crippen MR) is 61.7 cm³/mol. The summed E-state index contributed by atoms with van der Waals surface area (Å²) in [5, 5.41) is 2.56. The van der Waals surface area contributed by atoms with Gasteiger partial charge in [0.1, 0.15) is 11.5 Å². The van der Waals surface area contributed by atoms with Crippen molar-refractivity contribution in [3.63, 3.8) is 0 Å². The Bertz CT molecular complexity index is 502. The fourth-order valence-corrected chi connectivity index (χ4v) is 1.56. The fourth-order valence-electron chi connectivity index (χ4n) is 1.56. The van der Waals surface area contributed by atoms with Crippen LogP contribution in [0.25, 0.3) is 5.69 Å². The number of nitrogens with zero attached hydrogens (tertiary/aromatic N) is 2. The molecule has 0 radical (unpaired) electrons. The van der Waals surface area contributed by atoms with E-state index in [-0.39, 0.29) is 5.91 Å². The van der Waals surface area contributed by atoms with Gasteiger partial charge in [0.25, 0.3) is 5.91 Å². The average Bonchev–Trinajstić information content (AvgIpc) is 2.71. The maximum atomic E-state index is 11.4. The van der Waals surface area contributed by atoms with Crippen molar-refractivity contribution in [3.8, 4) is 5.69 Å². The number of nitrogens with one attached hydrogen (secondary N) is 1. The van der Waals surface area contributed by atoms with Gasteiger partial charge in [0.2, 0.25) is 0 Å².